The Morgan fingerprint density at radius 1 is 1.22 bits per heavy atom. The number of halogens is 2. The molecule has 1 aromatic carbocycles. The average Bonchev–Trinajstić information content (AvgIpc) is 2.54. The Balaban J connectivity index is 1.87. The smallest absolute Gasteiger partial charge is 0.179 e. The van der Waals surface area contributed by atoms with Crippen LogP contribution >= 0.6 is 0 Å². The highest BCUT2D eigenvalue weighted by Crippen LogP contribution is 2.46. The summed E-state index contributed by atoms with van der Waals surface area (Å²) in [6.07, 6.45) is 5.78. The molecule has 0 aliphatic heterocycles. The largest absolute Gasteiger partial charge is 0.324 e. The predicted molar refractivity (Wildman–Crippen MR) is 81.0 cm³/mol. The highest BCUT2D eigenvalue weighted by Gasteiger charge is 2.41. The van der Waals surface area contributed by atoms with Crippen LogP contribution < -0.4 is 5.73 Å². The van der Waals surface area contributed by atoms with Crippen LogP contribution in [0.3, 0.4) is 0 Å². The fourth-order valence-electron chi connectivity index (χ4n) is 3.07. The summed E-state index contributed by atoms with van der Waals surface area (Å²) in [5.74, 6) is -1.34. The highest BCUT2D eigenvalue weighted by molar-refractivity contribution is 5.96. The van der Waals surface area contributed by atoms with Gasteiger partial charge in [0.1, 0.15) is 5.82 Å². The summed E-state index contributed by atoms with van der Waals surface area (Å²) >= 11 is 0. The van der Waals surface area contributed by atoms with E-state index in [4.69, 9.17) is 5.73 Å². The lowest BCUT2D eigenvalue weighted by molar-refractivity contribution is 0.100. The third-order valence-corrected chi connectivity index (χ3v) is 4.54. The fourth-order valence-corrected chi connectivity index (χ4v) is 3.07. The molecule has 0 amide bonds. The van der Waals surface area contributed by atoms with Crippen molar-refractivity contribution in [3.05, 3.63) is 59.2 Å². The SMILES string of the molecule is NCC(=O)c1cnc(CC2(c3cccc(F)c3F)CCC2)nc1. The zero-order valence-electron chi connectivity index (χ0n) is 12.6. The minimum absolute atomic E-state index is 0.0961. The van der Waals surface area contributed by atoms with E-state index in [1.54, 1.807) is 6.07 Å². The second-order valence-corrected chi connectivity index (χ2v) is 5.93. The first-order valence-electron chi connectivity index (χ1n) is 7.54. The molecule has 2 N–H and O–H groups in total. The Hall–Kier alpha value is -2.21. The number of ketones is 1. The van der Waals surface area contributed by atoms with Gasteiger partial charge in [0.25, 0.3) is 0 Å². The quantitative estimate of drug-likeness (QED) is 0.861. The first-order chi connectivity index (χ1) is 11.1. The second kappa shape index (κ2) is 6.12. The van der Waals surface area contributed by atoms with E-state index in [0.717, 1.165) is 25.3 Å². The standard InChI is InChI=1S/C17H17F2N3O/c18-13-4-1-3-12(16(13)19)17(5-2-6-17)7-15-21-9-11(10-22-15)14(23)8-20/h1,3-4,9-10H,2,5-8,20H2. The third-order valence-electron chi connectivity index (χ3n) is 4.54. The summed E-state index contributed by atoms with van der Waals surface area (Å²) in [5, 5.41) is 0. The molecule has 1 fully saturated rings. The molecule has 1 heterocycles. The van der Waals surface area contributed by atoms with Gasteiger partial charge in [-0.2, -0.15) is 0 Å². The number of carbonyl (C=O) groups excluding carboxylic acids is 1. The van der Waals surface area contributed by atoms with E-state index in [1.165, 1.54) is 18.5 Å². The number of hydrogen-bond donors (Lipinski definition) is 1. The molecule has 1 saturated carbocycles. The molecule has 0 unspecified atom stereocenters. The van der Waals surface area contributed by atoms with Gasteiger partial charge in [-0.15, -0.1) is 0 Å². The maximum atomic E-state index is 14.2. The molecule has 1 aromatic heterocycles. The summed E-state index contributed by atoms with van der Waals surface area (Å²) in [5.41, 5.74) is 5.57. The van der Waals surface area contributed by atoms with Crippen molar-refractivity contribution in [3.8, 4) is 0 Å². The van der Waals surface area contributed by atoms with Crippen LogP contribution in [0.5, 0.6) is 0 Å². The van der Waals surface area contributed by atoms with Crippen LogP contribution in [-0.4, -0.2) is 22.3 Å². The van der Waals surface area contributed by atoms with Gasteiger partial charge in [0, 0.05) is 24.2 Å². The normalized spacial score (nSPS) is 16.0. The van der Waals surface area contributed by atoms with Crippen molar-refractivity contribution >= 4 is 5.78 Å². The molecule has 23 heavy (non-hydrogen) atoms. The zero-order valence-corrected chi connectivity index (χ0v) is 12.6. The van der Waals surface area contributed by atoms with Crippen LogP contribution in [0.1, 0.15) is 41.0 Å². The maximum Gasteiger partial charge on any atom is 0.179 e. The molecular weight excluding hydrogens is 300 g/mol. The average molecular weight is 317 g/mol. The minimum atomic E-state index is -0.835. The summed E-state index contributed by atoms with van der Waals surface area (Å²) in [6, 6.07) is 4.27. The maximum absolute atomic E-state index is 14.2. The molecule has 4 nitrogen and oxygen atoms in total. The van der Waals surface area contributed by atoms with Crippen molar-refractivity contribution in [3.63, 3.8) is 0 Å². The number of carbonyl (C=O) groups is 1. The van der Waals surface area contributed by atoms with Gasteiger partial charge in [-0.25, -0.2) is 18.7 Å². The lowest BCUT2D eigenvalue weighted by atomic mass is 9.62. The van der Waals surface area contributed by atoms with Crippen molar-refractivity contribution in [2.45, 2.75) is 31.1 Å². The summed E-state index contributed by atoms with van der Waals surface area (Å²) < 4.78 is 27.7. The molecule has 1 aliphatic carbocycles. The molecule has 0 bridgehead atoms. The van der Waals surface area contributed by atoms with E-state index in [2.05, 4.69) is 9.97 Å². The predicted octanol–water partition coefficient (Wildman–Crippen LogP) is 2.56. The molecule has 0 saturated heterocycles. The van der Waals surface area contributed by atoms with E-state index in [1.807, 2.05) is 0 Å². The van der Waals surface area contributed by atoms with Gasteiger partial charge in [0.05, 0.1) is 12.1 Å². The first-order valence-corrected chi connectivity index (χ1v) is 7.54. The number of Topliss-reactive ketones (excluding diaryl/α,β-unsaturated/α-hetero) is 1. The molecule has 6 heteroatoms. The van der Waals surface area contributed by atoms with Gasteiger partial charge in [0.15, 0.2) is 17.4 Å². The molecular formula is C17H17F2N3O. The monoisotopic (exact) mass is 317 g/mol. The Kier molecular flexibility index (Phi) is 4.17. The first kappa shape index (κ1) is 15.7. The molecule has 1 aliphatic rings. The van der Waals surface area contributed by atoms with E-state index in [-0.39, 0.29) is 12.3 Å². The third kappa shape index (κ3) is 2.86. The molecule has 0 atom stereocenters. The number of rotatable bonds is 5. The van der Waals surface area contributed by atoms with Crippen LogP contribution in [0, 0.1) is 11.6 Å². The Morgan fingerprint density at radius 2 is 1.91 bits per heavy atom. The van der Waals surface area contributed by atoms with Crippen LogP contribution in [0.4, 0.5) is 8.78 Å². The number of nitrogens with two attached hydrogens (primary N) is 1. The lowest BCUT2D eigenvalue weighted by Gasteiger charge is -2.42. The molecule has 120 valence electrons. The number of benzene rings is 1. The fraction of sp³-hybridized carbons (Fsp3) is 0.353. The van der Waals surface area contributed by atoms with E-state index < -0.39 is 17.0 Å². The molecule has 0 spiro atoms. The molecule has 3 rings (SSSR count). The number of aromatic nitrogens is 2. The van der Waals surface area contributed by atoms with E-state index in [0.29, 0.717) is 23.4 Å². The Labute approximate surface area is 132 Å². The molecule has 2 aromatic rings. The summed E-state index contributed by atoms with van der Waals surface area (Å²) in [4.78, 5) is 19.9. The molecule has 0 radical (unpaired) electrons. The Bertz CT molecular complexity index is 727. The van der Waals surface area contributed by atoms with Crippen molar-refractivity contribution < 1.29 is 13.6 Å². The van der Waals surface area contributed by atoms with Crippen molar-refractivity contribution in [2.24, 2.45) is 5.73 Å². The number of hydrogen-bond acceptors (Lipinski definition) is 4. The van der Waals surface area contributed by atoms with Crippen LogP contribution in [0.2, 0.25) is 0 Å². The lowest BCUT2D eigenvalue weighted by Crippen LogP contribution is -2.38. The minimum Gasteiger partial charge on any atom is -0.324 e. The van der Waals surface area contributed by atoms with Crippen LogP contribution in [0.15, 0.2) is 30.6 Å². The summed E-state index contributed by atoms with van der Waals surface area (Å²) in [7, 11) is 0. The topological polar surface area (TPSA) is 68.9 Å². The highest BCUT2D eigenvalue weighted by atomic mass is 19.2. The van der Waals surface area contributed by atoms with Gasteiger partial charge in [0.2, 0.25) is 0 Å². The van der Waals surface area contributed by atoms with Gasteiger partial charge in [-0.3, -0.25) is 4.79 Å². The van der Waals surface area contributed by atoms with Gasteiger partial charge in [-0.05, 0) is 24.5 Å². The summed E-state index contributed by atoms with van der Waals surface area (Å²) in [6.45, 7) is -0.0961. The van der Waals surface area contributed by atoms with Crippen molar-refractivity contribution in [1.82, 2.24) is 9.97 Å². The van der Waals surface area contributed by atoms with Crippen LogP contribution in [-0.2, 0) is 11.8 Å². The second-order valence-electron chi connectivity index (χ2n) is 5.93. The van der Waals surface area contributed by atoms with Gasteiger partial charge in [-0.1, -0.05) is 18.6 Å². The zero-order chi connectivity index (χ0) is 16.4. The van der Waals surface area contributed by atoms with E-state index in [9.17, 15) is 13.6 Å². The van der Waals surface area contributed by atoms with Gasteiger partial charge < -0.3 is 5.73 Å². The Morgan fingerprint density at radius 3 is 2.48 bits per heavy atom. The number of nitrogens with zero attached hydrogens (tertiary/aromatic N) is 2. The van der Waals surface area contributed by atoms with E-state index >= 15 is 0 Å². The van der Waals surface area contributed by atoms with Gasteiger partial charge >= 0.3 is 0 Å². The van der Waals surface area contributed by atoms with Crippen LogP contribution in [0.25, 0.3) is 0 Å². The van der Waals surface area contributed by atoms with Crippen molar-refractivity contribution in [2.75, 3.05) is 6.54 Å². The van der Waals surface area contributed by atoms with Crippen molar-refractivity contribution in [1.29, 1.82) is 0 Å².